The van der Waals surface area contributed by atoms with Crippen LogP contribution in [0.3, 0.4) is 0 Å². The quantitative estimate of drug-likeness (QED) is 0.834. The third-order valence-electron chi connectivity index (χ3n) is 3.84. The molecule has 1 fully saturated rings. The summed E-state index contributed by atoms with van der Waals surface area (Å²) in [7, 11) is 0. The fourth-order valence-electron chi connectivity index (χ4n) is 2.64. The van der Waals surface area contributed by atoms with Crippen LogP contribution in [0.5, 0.6) is 0 Å². The maximum atomic E-state index is 12.6. The number of rotatable bonds is 4. The number of pyridine rings is 2. The maximum absolute atomic E-state index is 12.6. The van der Waals surface area contributed by atoms with Gasteiger partial charge in [-0.2, -0.15) is 0 Å². The molecule has 0 bridgehead atoms. The molecule has 2 aromatic heterocycles. The third-order valence-corrected chi connectivity index (χ3v) is 3.84. The number of carbonyl (C=O) groups excluding carboxylic acids is 2. The van der Waals surface area contributed by atoms with E-state index < -0.39 is 0 Å². The van der Waals surface area contributed by atoms with E-state index in [1.807, 2.05) is 0 Å². The molecule has 1 saturated heterocycles. The van der Waals surface area contributed by atoms with Crippen molar-refractivity contribution in [3.05, 3.63) is 36.2 Å². The average Bonchev–Trinajstić information content (AvgIpc) is 3.10. The monoisotopic (exact) mass is 311 g/mol. The average molecular weight is 311 g/mol. The van der Waals surface area contributed by atoms with E-state index in [0.29, 0.717) is 17.8 Å². The summed E-state index contributed by atoms with van der Waals surface area (Å²) in [6, 6.07) is 5.24. The van der Waals surface area contributed by atoms with Crippen LogP contribution in [0.2, 0.25) is 0 Å². The molecular weight excluding hydrogens is 294 g/mol. The van der Waals surface area contributed by atoms with E-state index in [-0.39, 0.29) is 11.7 Å². The Morgan fingerprint density at radius 1 is 1.22 bits per heavy atom. The Morgan fingerprint density at radius 3 is 2.74 bits per heavy atom. The molecule has 3 N–H and O–H groups in total. The summed E-state index contributed by atoms with van der Waals surface area (Å²) in [5.74, 6) is 0.572. The van der Waals surface area contributed by atoms with Gasteiger partial charge < -0.3 is 16.0 Å². The molecule has 0 atom stereocenters. The maximum Gasteiger partial charge on any atom is 0.257 e. The van der Waals surface area contributed by atoms with Gasteiger partial charge >= 0.3 is 0 Å². The first-order valence-corrected chi connectivity index (χ1v) is 7.40. The molecular formula is C16H17N5O2. The Bertz CT molecular complexity index is 741. The van der Waals surface area contributed by atoms with Crippen molar-refractivity contribution in [3.8, 4) is 11.1 Å². The highest BCUT2D eigenvalue weighted by molar-refractivity contribution is 5.99. The van der Waals surface area contributed by atoms with Crippen molar-refractivity contribution < 1.29 is 9.59 Å². The first-order chi connectivity index (χ1) is 11.2. The van der Waals surface area contributed by atoms with Crippen molar-refractivity contribution in [2.24, 2.45) is 0 Å². The second-order valence-corrected chi connectivity index (χ2v) is 5.35. The van der Waals surface area contributed by atoms with Gasteiger partial charge in [-0.25, -0.2) is 9.97 Å². The zero-order chi connectivity index (χ0) is 16.2. The van der Waals surface area contributed by atoms with E-state index in [0.717, 1.165) is 37.1 Å². The predicted molar refractivity (Wildman–Crippen MR) is 86.7 cm³/mol. The van der Waals surface area contributed by atoms with Crippen molar-refractivity contribution in [2.45, 2.75) is 12.8 Å². The molecule has 0 saturated carbocycles. The minimum Gasteiger partial charge on any atom is -0.383 e. The van der Waals surface area contributed by atoms with Gasteiger partial charge in [0.2, 0.25) is 6.41 Å². The fourth-order valence-corrected chi connectivity index (χ4v) is 2.64. The molecule has 1 aliphatic rings. The van der Waals surface area contributed by atoms with Gasteiger partial charge in [-0.1, -0.05) is 0 Å². The number of anilines is 2. The Hall–Kier alpha value is -2.96. The largest absolute Gasteiger partial charge is 0.383 e. The molecule has 0 aromatic carbocycles. The Balaban J connectivity index is 1.95. The minimum atomic E-state index is -0.0883. The molecule has 2 aromatic rings. The molecule has 23 heavy (non-hydrogen) atoms. The van der Waals surface area contributed by atoms with Crippen LogP contribution >= 0.6 is 0 Å². The lowest BCUT2D eigenvalue weighted by molar-refractivity contribution is -0.105. The number of nitrogens with zero attached hydrogens (tertiary/aromatic N) is 3. The highest BCUT2D eigenvalue weighted by Crippen LogP contribution is 2.25. The molecule has 3 rings (SSSR count). The van der Waals surface area contributed by atoms with Crippen molar-refractivity contribution in [1.29, 1.82) is 0 Å². The summed E-state index contributed by atoms with van der Waals surface area (Å²) in [5.41, 5.74) is 7.84. The van der Waals surface area contributed by atoms with Crippen molar-refractivity contribution in [3.63, 3.8) is 0 Å². The van der Waals surface area contributed by atoms with Gasteiger partial charge in [0, 0.05) is 31.0 Å². The number of nitrogen functional groups attached to an aromatic ring is 1. The number of carbonyl (C=O) groups is 2. The van der Waals surface area contributed by atoms with Crippen LogP contribution in [-0.4, -0.2) is 40.3 Å². The number of aromatic nitrogens is 2. The summed E-state index contributed by atoms with van der Waals surface area (Å²) >= 11 is 0. The number of hydrogen-bond acceptors (Lipinski definition) is 5. The normalized spacial score (nSPS) is 13.8. The summed E-state index contributed by atoms with van der Waals surface area (Å²) in [4.78, 5) is 33.1. The highest BCUT2D eigenvalue weighted by Gasteiger charge is 2.22. The number of likely N-dealkylation sites (tertiary alicyclic amines) is 1. The molecule has 7 heteroatoms. The molecule has 0 spiro atoms. The Kier molecular flexibility index (Phi) is 4.18. The summed E-state index contributed by atoms with van der Waals surface area (Å²) in [5, 5.41) is 2.50. The second kappa shape index (κ2) is 6.43. The van der Waals surface area contributed by atoms with E-state index in [1.54, 1.807) is 35.5 Å². The Labute approximate surface area is 133 Å². The van der Waals surface area contributed by atoms with Crippen molar-refractivity contribution in [1.82, 2.24) is 14.9 Å². The van der Waals surface area contributed by atoms with Gasteiger partial charge in [-0.15, -0.1) is 0 Å². The van der Waals surface area contributed by atoms with E-state index in [1.165, 1.54) is 0 Å². The van der Waals surface area contributed by atoms with Crippen LogP contribution in [0.25, 0.3) is 11.1 Å². The van der Waals surface area contributed by atoms with Gasteiger partial charge in [0.05, 0.1) is 5.56 Å². The van der Waals surface area contributed by atoms with Gasteiger partial charge in [-0.05, 0) is 36.6 Å². The van der Waals surface area contributed by atoms with E-state index in [4.69, 9.17) is 5.73 Å². The summed E-state index contributed by atoms with van der Waals surface area (Å²) in [6.45, 7) is 1.51. The van der Waals surface area contributed by atoms with Gasteiger partial charge in [0.1, 0.15) is 11.6 Å². The standard InChI is InChI=1S/C16H17N5O2/c17-15-13(16(23)21-5-1-2-6-21)7-12(9-19-15)11-3-4-18-14(8-11)20-10-22/h3-4,7-10H,1-2,5-6H2,(H2,17,19)(H,18,20,22). The zero-order valence-electron chi connectivity index (χ0n) is 12.5. The smallest absolute Gasteiger partial charge is 0.257 e. The van der Waals surface area contributed by atoms with Crippen molar-refractivity contribution >= 4 is 24.0 Å². The second-order valence-electron chi connectivity index (χ2n) is 5.35. The molecule has 1 aliphatic heterocycles. The predicted octanol–water partition coefficient (Wildman–Crippen LogP) is 1.53. The minimum absolute atomic E-state index is 0.0883. The summed E-state index contributed by atoms with van der Waals surface area (Å²) < 4.78 is 0. The number of nitrogens with one attached hydrogen (secondary N) is 1. The molecule has 0 unspecified atom stereocenters. The Morgan fingerprint density at radius 2 is 2.00 bits per heavy atom. The summed E-state index contributed by atoms with van der Waals surface area (Å²) in [6.07, 6.45) is 5.79. The van der Waals surface area contributed by atoms with E-state index in [2.05, 4.69) is 15.3 Å². The van der Waals surface area contributed by atoms with Crippen LogP contribution in [0, 0.1) is 0 Å². The first-order valence-electron chi connectivity index (χ1n) is 7.40. The van der Waals surface area contributed by atoms with E-state index >= 15 is 0 Å². The SMILES string of the molecule is Nc1ncc(-c2ccnc(NC=O)c2)cc1C(=O)N1CCCC1. The lowest BCUT2D eigenvalue weighted by Crippen LogP contribution is -2.28. The van der Waals surface area contributed by atoms with E-state index in [9.17, 15) is 9.59 Å². The van der Waals surface area contributed by atoms with Gasteiger partial charge in [0.25, 0.3) is 5.91 Å². The lowest BCUT2D eigenvalue weighted by Gasteiger charge is -2.16. The van der Waals surface area contributed by atoms with Crippen LogP contribution in [0.4, 0.5) is 11.6 Å². The van der Waals surface area contributed by atoms with Crippen LogP contribution < -0.4 is 11.1 Å². The number of hydrogen-bond donors (Lipinski definition) is 2. The highest BCUT2D eigenvalue weighted by atomic mass is 16.2. The van der Waals surface area contributed by atoms with Crippen LogP contribution in [-0.2, 0) is 4.79 Å². The van der Waals surface area contributed by atoms with Crippen molar-refractivity contribution in [2.75, 3.05) is 24.1 Å². The number of nitrogens with two attached hydrogens (primary N) is 1. The zero-order valence-corrected chi connectivity index (χ0v) is 12.5. The third kappa shape index (κ3) is 3.13. The molecule has 2 amide bonds. The molecule has 0 radical (unpaired) electrons. The lowest BCUT2D eigenvalue weighted by atomic mass is 10.1. The molecule has 3 heterocycles. The number of amides is 2. The van der Waals surface area contributed by atoms with Gasteiger partial charge in [0.15, 0.2) is 0 Å². The molecule has 7 nitrogen and oxygen atoms in total. The molecule has 118 valence electrons. The van der Waals surface area contributed by atoms with Gasteiger partial charge in [-0.3, -0.25) is 9.59 Å². The topological polar surface area (TPSA) is 101 Å². The molecule has 0 aliphatic carbocycles. The fraction of sp³-hybridized carbons (Fsp3) is 0.250. The van der Waals surface area contributed by atoms with Crippen LogP contribution in [0.15, 0.2) is 30.6 Å². The first kappa shape index (κ1) is 15.0. The van der Waals surface area contributed by atoms with Crippen LogP contribution in [0.1, 0.15) is 23.2 Å².